The van der Waals surface area contributed by atoms with E-state index in [1.54, 1.807) is 7.11 Å². The van der Waals surface area contributed by atoms with Gasteiger partial charge in [0, 0.05) is 5.92 Å². The molecule has 0 heterocycles. The molecule has 2 aromatic rings. The fourth-order valence-corrected chi connectivity index (χ4v) is 5.89. The van der Waals surface area contributed by atoms with E-state index < -0.39 is 5.41 Å². The number of benzene rings is 2. The van der Waals surface area contributed by atoms with Gasteiger partial charge in [-0.3, -0.25) is 4.79 Å². The monoisotopic (exact) mass is 458 g/mol. The summed E-state index contributed by atoms with van der Waals surface area (Å²) in [6.45, 7) is 6.86. The Morgan fingerprint density at radius 1 is 1.03 bits per heavy atom. The van der Waals surface area contributed by atoms with Gasteiger partial charge in [0.1, 0.15) is 17.3 Å². The average Bonchev–Trinajstić information content (AvgIpc) is 2.85. The number of carbonyl (C=O) groups is 1. The molecule has 0 bridgehead atoms. The van der Waals surface area contributed by atoms with Crippen LogP contribution in [0.2, 0.25) is 0 Å². The number of methoxy groups -OCH3 is 1. The van der Waals surface area contributed by atoms with E-state index in [1.807, 2.05) is 30.4 Å². The highest BCUT2D eigenvalue weighted by Crippen LogP contribution is 2.46. The van der Waals surface area contributed by atoms with Gasteiger partial charge < -0.3 is 9.47 Å². The minimum absolute atomic E-state index is 0.0960. The Hall–Kier alpha value is -2.81. The fourth-order valence-electron chi connectivity index (χ4n) is 5.89. The first kappa shape index (κ1) is 24.3. The van der Waals surface area contributed by atoms with Crippen molar-refractivity contribution in [2.75, 3.05) is 7.11 Å². The molecule has 3 heteroatoms. The van der Waals surface area contributed by atoms with Crippen LogP contribution in [0.15, 0.2) is 84.7 Å². The van der Waals surface area contributed by atoms with Gasteiger partial charge in [0.15, 0.2) is 0 Å². The van der Waals surface area contributed by atoms with Gasteiger partial charge in [-0.05, 0) is 54.2 Å². The Bertz CT molecular complexity index is 1020. The Balaban J connectivity index is 1.65. The summed E-state index contributed by atoms with van der Waals surface area (Å²) >= 11 is 0. The molecule has 34 heavy (non-hydrogen) atoms. The molecule has 1 fully saturated rings. The summed E-state index contributed by atoms with van der Waals surface area (Å²) in [5.41, 5.74) is 1.36. The van der Waals surface area contributed by atoms with Crippen LogP contribution in [-0.2, 0) is 26.1 Å². The summed E-state index contributed by atoms with van der Waals surface area (Å²) in [6, 6.07) is 20.8. The lowest BCUT2D eigenvalue weighted by Crippen LogP contribution is -2.46. The standard InChI is InChI=1S/C31H38O3/c1-23-18-19-26(30(2,3)25-15-9-6-10-16-25)27(21-23)34-29(32)31(20-12-11-17-28(31)33-4)22-24-13-7-5-8-14-24/h5-10,12-17,20,23,26-27H,11,18-19,21-22H2,1-4H3/t23-,26-,27-,31?/m1/s1. The summed E-state index contributed by atoms with van der Waals surface area (Å²) < 4.78 is 12.3. The quantitative estimate of drug-likeness (QED) is 0.330. The number of carbonyl (C=O) groups excluding carboxylic acids is 1. The molecule has 2 aliphatic rings. The number of rotatable bonds is 7. The first-order valence-electron chi connectivity index (χ1n) is 12.6. The van der Waals surface area contributed by atoms with Crippen LogP contribution in [0.25, 0.3) is 0 Å². The van der Waals surface area contributed by atoms with E-state index >= 15 is 0 Å². The molecule has 0 N–H and O–H groups in total. The maximum absolute atomic E-state index is 14.1. The van der Waals surface area contributed by atoms with Crippen LogP contribution in [0, 0.1) is 17.3 Å². The third-order valence-electron chi connectivity index (χ3n) is 7.95. The van der Waals surface area contributed by atoms with Gasteiger partial charge in [-0.2, -0.15) is 0 Å². The topological polar surface area (TPSA) is 35.5 Å². The summed E-state index contributed by atoms with van der Waals surface area (Å²) in [7, 11) is 1.65. The van der Waals surface area contributed by atoms with Crippen LogP contribution in [0.1, 0.15) is 57.6 Å². The molecule has 0 amide bonds. The first-order chi connectivity index (χ1) is 16.4. The van der Waals surface area contributed by atoms with E-state index in [2.05, 4.69) is 69.3 Å². The summed E-state index contributed by atoms with van der Waals surface area (Å²) in [4.78, 5) is 14.1. The van der Waals surface area contributed by atoms with Crippen molar-refractivity contribution in [2.24, 2.45) is 17.3 Å². The SMILES string of the molecule is COC1=CCC=CC1(Cc1ccccc1)C(=O)O[C@@H]1C[C@H](C)CC[C@H]1C(C)(C)c1ccccc1. The molecule has 1 unspecified atom stereocenters. The van der Waals surface area contributed by atoms with E-state index in [9.17, 15) is 4.79 Å². The second-order valence-electron chi connectivity index (χ2n) is 10.6. The Labute approximate surface area is 204 Å². The number of ether oxygens (including phenoxy) is 2. The van der Waals surface area contributed by atoms with E-state index in [-0.39, 0.29) is 23.4 Å². The van der Waals surface area contributed by atoms with Crippen molar-refractivity contribution < 1.29 is 14.3 Å². The van der Waals surface area contributed by atoms with Crippen molar-refractivity contribution in [1.29, 1.82) is 0 Å². The van der Waals surface area contributed by atoms with E-state index in [4.69, 9.17) is 9.47 Å². The van der Waals surface area contributed by atoms with E-state index in [1.165, 1.54) is 5.56 Å². The maximum atomic E-state index is 14.1. The van der Waals surface area contributed by atoms with Crippen LogP contribution >= 0.6 is 0 Å². The molecule has 0 spiro atoms. The van der Waals surface area contributed by atoms with Crippen molar-refractivity contribution in [2.45, 2.75) is 64.4 Å². The average molecular weight is 459 g/mol. The Kier molecular flexibility index (Phi) is 7.30. The minimum Gasteiger partial charge on any atom is -0.500 e. The van der Waals surface area contributed by atoms with Crippen molar-refractivity contribution >= 4 is 5.97 Å². The largest absolute Gasteiger partial charge is 0.500 e. The number of esters is 1. The predicted molar refractivity (Wildman–Crippen MR) is 137 cm³/mol. The minimum atomic E-state index is -0.934. The van der Waals surface area contributed by atoms with Crippen LogP contribution < -0.4 is 0 Å². The molecular weight excluding hydrogens is 420 g/mol. The van der Waals surface area contributed by atoms with Crippen molar-refractivity contribution in [3.05, 3.63) is 95.8 Å². The van der Waals surface area contributed by atoms with E-state index in [0.717, 1.165) is 31.2 Å². The van der Waals surface area contributed by atoms with Gasteiger partial charge in [-0.25, -0.2) is 0 Å². The zero-order chi connectivity index (χ0) is 24.2. The van der Waals surface area contributed by atoms with Gasteiger partial charge >= 0.3 is 5.97 Å². The predicted octanol–water partition coefficient (Wildman–Crippen LogP) is 7.03. The van der Waals surface area contributed by atoms with E-state index in [0.29, 0.717) is 18.1 Å². The lowest BCUT2D eigenvalue weighted by molar-refractivity contribution is -0.166. The highest BCUT2D eigenvalue weighted by atomic mass is 16.5. The normalized spacial score (nSPS) is 27.1. The molecule has 0 radical (unpaired) electrons. The Morgan fingerprint density at radius 2 is 1.71 bits per heavy atom. The molecule has 180 valence electrons. The van der Waals surface area contributed by atoms with Gasteiger partial charge in [-0.15, -0.1) is 0 Å². The molecule has 3 nitrogen and oxygen atoms in total. The highest BCUT2D eigenvalue weighted by molar-refractivity contribution is 5.83. The highest BCUT2D eigenvalue weighted by Gasteiger charge is 2.48. The summed E-state index contributed by atoms with van der Waals surface area (Å²) in [5, 5.41) is 0. The third-order valence-corrected chi connectivity index (χ3v) is 7.95. The summed E-state index contributed by atoms with van der Waals surface area (Å²) in [6.07, 6.45) is 10.3. The van der Waals surface area contributed by atoms with Crippen molar-refractivity contribution in [3.8, 4) is 0 Å². The fraction of sp³-hybridized carbons (Fsp3) is 0.452. The molecule has 0 aliphatic heterocycles. The summed E-state index contributed by atoms with van der Waals surface area (Å²) in [5.74, 6) is 1.27. The second-order valence-corrected chi connectivity index (χ2v) is 10.6. The van der Waals surface area contributed by atoms with Gasteiger partial charge in [0.05, 0.1) is 7.11 Å². The van der Waals surface area contributed by atoms with Crippen LogP contribution in [-0.4, -0.2) is 19.2 Å². The molecule has 2 aliphatic carbocycles. The number of allylic oxidation sites excluding steroid dienone is 2. The van der Waals surface area contributed by atoms with Gasteiger partial charge in [0.25, 0.3) is 0 Å². The Morgan fingerprint density at radius 3 is 2.38 bits per heavy atom. The van der Waals surface area contributed by atoms with Crippen molar-refractivity contribution in [3.63, 3.8) is 0 Å². The first-order valence-corrected chi connectivity index (χ1v) is 12.6. The molecule has 2 aromatic carbocycles. The number of hydrogen-bond donors (Lipinski definition) is 0. The van der Waals surface area contributed by atoms with Gasteiger partial charge in [-0.1, -0.05) is 100 Å². The number of hydrogen-bond acceptors (Lipinski definition) is 3. The molecule has 0 saturated heterocycles. The van der Waals surface area contributed by atoms with Crippen LogP contribution in [0.4, 0.5) is 0 Å². The zero-order valence-corrected chi connectivity index (χ0v) is 21.0. The van der Waals surface area contributed by atoms with Crippen LogP contribution in [0.5, 0.6) is 0 Å². The smallest absolute Gasteiger partial charge is 0.324 e. The van der Waals surface area contributed by atoms with Crippen molar-refractivity contribution in [1.82, 2.24) is 0 Å². The van der Waals surface area contributed by atoms with Crippen LogP contribution in [0.3, 0.4) is 0 Å². The molecule has 4 rings (SSSR count). The van der Waals surface area contributed by atoms with Gasteiger partial charge in [0.2, 0.25) is 0 Å². The molecule has 1 saturated carbocycles. The second kappa shape index (κ2) is 10.2. The lowest BCUT2D eigenvalue weighted by atomic mass is 9.64. The molecular formula is C31H38O3. The lowest BCUT2D eigenvalue weighted by Gasteiger charge is -2.45. The molecule has 0 aromatic heterocycles. The molecule has 4 atom stereocenters. The zero-order valence-electron chi connectivity index (χ0n) is 21.0. The third kappa shape index (κ3) is 4.85. The maximum Gasteiger partial charge on any atom is 0.324 e.